The second-order valence-electron chi connectivity index (χ2n) is 2.71. The van der Waals surface area contributed by atoms with Gasteiger partial charge in [0, 0.05) is 12.4 Å². The maximum Gasteiger partial charge on any atom is 0.235 e. The lowest BCUT2D eigenvalue weighted by Crippen LogP contribution is -2.06. The zero-order valence-corrected chi connectivity index (χ0v) is 6.86. The molecule has 64 valence electrons. The minimum Gasteiger partial charge on any atom is -0.474 e. The van der Waals surface area contributed by atoms with E-state index in [4.69, 9.17) is 9.47 Å². The van der Waals surface area contributed by atoms with Crippen LogP contribution in [0.1, 0.15) is 5.69 Å². The van der Waals surface area contributed by atoms with Gasteiger partial charge in [0.1, 0.15) is 12.7 Å². The zero-order chi connectivity index (χ0) is 8.39. The van der Waals surface area contributed by atoms with Gasteiger partial charge >= 0.3 is 0 Å². The van der Waals surface area contributed by atoms with Crippen LogP contribution in [0.4, 0.5) is 0 Å². The fraction of sp³-hybridized carbons (Fsp3) is 0.500. The van der Waals surface area contributed by atoms with Crippen LogP contribution in [0, 0.1) is 6.92 Å². The van der Waals surface area contributed by atoms with Gasteiger partial charge in [-0.15, -0.1) is 0 Å². The molecule has 1 aromatic heterocycles. The van der Waals surface area contributed by atoms with Crippen molar-refractivity contribution < 1.29 is 9.47 Å². The van der Waals surface area contributed by atoms with E-state index in [1.807, 2.05) is 6.92 Å². The Morgan fingerprint density at radius 2 is 2.33 bits per heavy atom. The molecule has 1 fully saturated rings. The van der Waals surface area contributed by atoms with Crippen LogP contribution in [0.5, 0.6) is 5.88 Å². The van der Waals surface area contributed by atoms with E-state index in [0.717, 1.165) is 12.3 Å². The SMILES string of the molecule is Cc1nccnc1OCC1CO1. The molecule has 1 atom stereocenters. The Morgan fingerprint density at radius 1 is 1.58 bits per heavy atom. The van der Waals surface area contributed by atoms with Crippen molar-refractivity contribution in [2.24, 2.45) is 0 Å². The van der Waals surface area contributed by atoms with E-state index in [-0.39, 0.29) is 6.10 Å². The van der Waals surface area contributed by atoms with Gasteiger partial charge in [-0.2, -0.15) is 0 Å². The monoisotopic (exact) mass is 166 g/mol. The molecule has 0 amide bonds. The van der Waals surface area contributed by atoms with Gasteiger partial charge in [-0.1, -0.05) is 0 Å². The molecular formula is C8H10N2O2. The highest BCUT2D eigenvalue weighted by Crippen LogP contribution is 2.13. The number of rotatable bonds is 3. The second-order valence-corrected chi connectivity index (χ2v) is 2.71. The van der Waals surface area contributed by atoms with E-state index in [1.54, 1.807) is 12.4 Å². The average Bonchev–Trinajstić information content (AvgIpc) is 2.86. The molecule has 1 aliphatic heterocycles. The van der Waals surface area contributed by atoms with Crippen molar-refractivity contribution in [3.05, 3.63) is 18.1 Å². The number of aryl methyl sites for hydroxylation is 1. The Labute approximate surface area is 70.6 Å². The van der Waals surface area contributed by atoms with Gasteiger partial charge in [-0.05, 0) is 6.92 Å². The summed E-state index contributed by atoms with van der Waals surface area (Å²) in [6.07, 6.45) is 3.54. The van der Waals surface area contributed by atoms with Gasteiger partial charge in [0.2, 0.25) is 5.88 Å². The molecule has 1 aromatic rings. The lowest BCUT2D eigenvalue weighted by atomic mass is 10.5. The summed E-state index contributed by atoms with van der Waals surface area (Å²) < 4.78 is 10.4. The molecule has 1 unspecified atom stereocenters. The molecule has 1 aliphatic rings. The summed E-state index contributed by atoms with van der Waals surface area (Å²) in [5.74, 6) is 0.605. The first kappa shape index (κ1) is 7.49. The second kappa shape index (κ2) is 3.06. The number of ether oxygens (including phenoxy) is 2. The van der Waals surface area contributed by atoms with Crippen molar-refractivity contribution in [1.82, 2.24) is 9.97 Å². The van der Waals surface area contributed by atoms with Crippen LogP contribution in [0.2, 0.25) is 0 Å². The molecule has 4 nitrogen and oxygen atoms in total. The summed E-state index contributed by atoms with van der Waals surface area (Å²) in [7, 11) is 0. The van der Waals surface area contributed by atoms with Crippen molar-refractivity contribution in [2.75, 3.05) is 13.2 Å². The predicted octanol–water partition coefficient (Wildman–Crippen LogP) is 0.563. The van der Waals surface area contributed by atoms with Gasteiger partial charge in [0.15, 0.2) is 0 Å². The number of epoxide rings is 1. The van der Waals surface area contributed by atoms with Gasteiger partial charge in [-0.25, -0.2) is 4.98 Å². The number of nitrogens with zero attached hydrogens (tertiary/aromatic N) is 2. The maximum absolute atomic E-state index is 5.36. The molecular weight excluding hydrogens is 156 g/mol. The lowest BCUT2D eigenvalue weighted by molar-refractivity contribution is 0.253. The Morgan fingerprint density at radius 3 is 3.00 bits per heavy atom. The molecule has 12 heavy (non-hydrogen) atoms. The standard InChI is InChI=1S/C8H10N2O2/c1-6-8(10-3-2-9-6)12-5-7-4-11-7/h2-3,7H,4-5H2,1H3. The molecule has 2 rings (SSSR count). The molecule has 0 saturated carbocycles. The molecule has 1 saturated heterocycles. The van der Waals surface area contributed by atoms with Crippen molar-refractivity contribution in [1.29, 1.82) is 0 Å². The summed E-state index contributed by atoms with van der Waals surface area (Å²) in [4.78, 5) is 8.09. The predicted molar refractivity (Wildman–Crippen MR) is 42.0 cm³/mol. The van der Waals surface area contributed by atoms with Crippen LogP contribution in [-0.2, 0) is 4.74 Å². The van der Waals surface area contributed by atoms with E-state index in [2.05, 4.69) is 9.97 Å². The Hall–Kier alpha value is -1.16. The topological polar surface area (TPSA) is 47.5 Å². The zero-order valence-electron chi connectivity index (χ0n) is 6.86. The highest BCUT2D eigenvalue weighted by Gasteiger charge is 2.23. The molecule has 2 heterocycles. The third-order valence-electron chi connectivity index (χ3n) is 1.64. The van der Waals surface area contributed by atoms with Crippen molar-refractivity contribution in [2.45, 2.75) is 13.0 Å². The number of aromatic nitrogens is 2. The van der Waals surface area contributed by atoms with Gasteiger partial charge < -0.3 is 9.47 Å². The first-order valence-electron chi connectivity index (χ1n) is 3.88. The highest BCUT2D eigenvalue weighted by atomic mass is 16.6. The molecule has 0 aliphatic carbocycles. The molecule has 0 bridgehead atoms. The summed E-state index contributed by atoms with van der Waals surface area (Å²) in [5.41, 5.74) is 0.818. The minimum absolute atomic E-state index is 0.270. The lowest BCUT2D eigenvalue weighted by Gasteiger charge is -2.03. The normalized spacial score (nSPS) is 20.6. The maximum atomic E-state index is 5.36. The summed E-state index contributed by atoms with van der Waals surface area (Å²) >= 11 is 0. The summed E-state index contributed by atoms with van der Waals surface area (Å²) in [6, 6.07) is 0. The Bertz CT molecular complexity index is 274. The van der Waals surface area contributed by atoms with Gasteiger partial charge in [0.05, 0.1) is 12.3 Å². The van der Waals surface area contributed by atoms with Crippen molar-refractivity contribution in [3.63, 3.8) is 0 Å². The van der Waals surface area contributed by atoms with E-state index in [9.17, 15) is 0 Å². The summed E-state index contributed by atoms with van der Waals surface area (Å²) in [6.45, 7) is 3.26. The molecule has 4 heteroatoms. The van der Waals surface area contributed by atoms with Crippen LogP contribution in [-0.4, -0.2) is 29.3 Å². The smallest absolute Gasteiger partial charge is 0.235 e. The van der Waals surface area contributed by atoms with E-state index in [1.165, 1.54) is 0 Å². The largest absolute Gasteiger partial charge is 0.474 e. The molecule has 0 aromatic carbocycles. The fourth-order valence-electron chi connectivity index (χ4n) is 0.873. The van der Waals surface area contributed by atoms with Crippen LogP contribution in [0.25, 0.3) is 0 Å². The van der Waals surface area contributed by atoms with E-state index >= 15 is 0 Å². The third kappa shape index (κ3) is 1.71. The van der Waals surface area contributed by atoms with Crippen LogP contribution in [0.15, 0.2) is 12.4 Å². The van der Waals surface area contributed by atoms with Crippen molar-refractivity contribution in [3.8, 4) is 5.88 Å². The first-order chi connectivity index (χ1) is 5.86. The molecule has 0 spiro atoms. The summed E-state index contributed by atoms with van der Waals surface area (Å²) in [5, 5.41) is 0. The van der Waals surface area contributed by atoms with Gasteiger partial charge in [-0.3, -0.25) is 4.98 Å². The highest BCUT2D eigenvalue weighted by molar-refractivity contribution is 5.14. The quantitative estimate of drug-likeness (QED) is 0.616. The van der Waals surface area contributed by atoms with Crippen LogP contribution >= 0.6 is 0 Å². The van der Waals surface area contributed by atoms with E-state index in [0.29, 0.717) is 12.5 Å². The fourth-order valence-corrected chi connectivity index (χ4v) is 0.873. The third-order valence-corrected chi connectivity index (χ3v) is 1.64. The number of hydrogen-bond donors (Lipinski definition) is 0. The van der Waals surface area contributed by atoms with Crippen LogP contribution < -0.4 is 4.74 Å². The minimum atomic E-state index is 0.270. The van der Waals surface area contributed by atoms with E-state index < -0.39 is 0 Å². The first-order valence-corrected chi connectivity index (χ1v) is 3.88. The van der Waals surface area contributed by atoms with Crippen molar-refractivity contribution >= 4 is 0 Å². The van der Waals surface area contributed by atoms with Gasteiger partial charge in [0.25, 0.3) is 0 Å². The average molecular weight is 166 g/mol. The Kier molecular flexibility index (Phi) is 1.91. The number of hydrogen-bond acceptors (Lipinski definition) is 4. The molecule has 0 radical (unpaired) electrons. The molecule has 0 N–H and O–H groups in total. The van der Waals surface area contributed by atoms with Crippen LogP contribution in [0.3, 0.4) is 0 Å². The Balaban J connectivity index is 1.96.